The molecule has 0 bridgehead atoms. The summed E-state index contributed by atoms with van der Waals surface area (Å²) in [5.41, 5.74) is 0. The first-order chi connectivity index (χ1) is 4.43. The summed E-state index contributed by atoms with van der Waals surface area (Å²) in [6.07, 6.45) is 0. The zero-order chi connectivity index (χ0) is 6.53. The van der Waals surface area contributed by atoms with Crippen molar-refractivity contribution in [1.82, 2.24) is 4.31 Å². The van der Waals surface area contributed by atoms with Crippen molar-refractivity contribution in [3.8, 4) is 0 Å². The zero-order valence-corrected chi connectivity index (χ0v) is 6.58. The van der Waals surface area contributed by atoms with Gasteiger partial charge in [0.2, 0.25) is 0 Å². The summed E-state index contributed by atoms with van der Waals surface area (Å²) < 4.78 is 10.7. The molecule has 0 aromatic rings. The van der Waals surface area contributed by atoms with E-state index in [0.29, 0.717) is 0 Å². The molecule has 9 heavy (non-hydrogen) atoms. The Labute approximate surface area is 64.2 Å². The van der Waals surface area contributed by atoms with Crippen LogP contribution in [0.25, 0.3) is 0 Å². The monoisotopic (exact) mass is 164 g/mol. The minimum atomic E-state index is 0.803. The Bertz CT molecular complexity index is 94.6. The first-order valence-electron chi connectivity index (χ1n) is 2.76. The van der Waals surface area contributed by atoms with Crippen molar-refractivity contribution < 1.29 is 4.74 Å². The van der Waals surface area contributed by atoms with E-state index in [2.05, 4.69) is 20.5 Å². The van der Waals surface area contributed by atoms with Crippen molar-refractivity contribution in [2.75, 3.05) is 26.3 Å². The number of nitrogens with zero attached hydrogens (tertiary/aromatic N) is 2. The van der Waals surface area contributed by atoms with Gasteiger partial charge in [-0.1, -0.05) is 0 Å². The normalized spacial score (nSPS) is 21.8. The van der Waals surface area contributed by atoms with Crippen molar-refractivity contribution >= 4 is 24.6 Å². The fourth-order valence-corrected chi connectivity index (χ4v) is 1.36. The van der Waals surface area contributed by atoms with Gasteiger partial charge in [-0.15, -0.1) is 3.77 Å². The minimum Gasteiger partial charge on any atom is -0.379 e. The predicted molar refractivity (Wildman–Crippen MR) is 39.8 cm³/mol. The van der Waals surface area contributed by atoms with Crippen LogP contribution in [-0.4, -0.2) is 30.6 Å². The van der Waals surface area contributed by atoms with Crippen LogP contribution >= 0.6 is 12.1 Å². The third-order valence-corrected chi connectivity index (χ3v) is 1.98. The SMILES string of the molecule is S=NSN1CCOCC1. The van der Waals surface area contributed by atoms with Gasteiger partial charge in [-0.05, 0) is 0 Å². The Morgan fingerprint density at radius 2 is 2.11 bits per heavy atom. The Balaban J connectivity index is 2.15. The molecule has 0 saturated carbocycles. The molecular weight excluding hydrogens is 156 g/mol. The van der Waals surface area contributed by atoms with Crippen molar-refractivity contribution in [2.45, 2.75) is 0 Å². The van der Waals surface area contributed by atoms with E-state index < -0.39 is 0 Å². The molecule has 0 radical (unpaired) electrons. The van der Waals surface area contributed by atoms with Gasteiger partial charge in [0.05, 0.1) is 37.8 Å². The second kappa shape index (κ2) is 4.16. The predicted octanol–water partition coefficient (Wildman–Crippen LogP) is 0.612. The molecule has 0 unspecified atom stereocenters. The van der Waals surface area contributed by atoms with Crippen molar-refractivity contribution in [2.24, 2.45) is 3.77 Å². The van der Waals surface area contributed by atoms with Gasteiger partial charge in [0.25, 0.3) is 0 Å². The van der Waals surface area contributed by atoms with Crippen LogP contribution in [0.4, 0.5) is 0 Å². The third kappa shape index (κ3) is 2.57. The van der Waals surface area contributed by atoms with E-state index in [4.69, 9.17) is 4.74 Å². The Hall–Kier alpha value is 0.290. The molecule has 1 aliphatic rings. The Morgan fingerprint density at radius 3 is 2.67 bits per heavy atom. The van der Waals surface area contributed by atoms with E-state index >= 15 is 0 Å². The summed E-state index contributed by atoms with van der Waals surface area (Å²) in [4.78, 5) is 0. The van der Waals surface area contributed by atoms with Crippen LogP contribution in [0.15, 0.2) is 3.77 Å². The van der Waals surface area contributed by atoms with E-state index in [9.17, 15) is 0 Å². The molecule has 1 saturated heterocycles. The second-order valence-electron chi connectivity index (χ2n) is 1.70. The lowest BCUT2D eigenvalue weighted by molar-refractivity contribution is 0.0774. The summed E-state index contributed by atoms with van der Waals surface area (Å²) in [7, 11) is 0. The lowest BCUT2D eigenvalue weighted by Gasteiger charge is -2.21. The molecule has 5 heteroatoms. The molecule has 0 spiro atoms. The highest BCUT2D eigenvalue weighted by Crippen LogP contribution is 2.11. The summed E-state index contributed by atoms with van der Waals surface area (Å²) in [6.45, 7) is 3.48. The maximum absolute atomic E-state index is 5.12. The van der Waals surface area contributed by atoms with E-state index in [1.807, 2.05) is 0 Å². The summed E-state index contributed by atoms with van der Waals surface area (Å²) in [5, 5.41) is 0. The van der Waals surface area contributed by atoms with Gasteiger partial charge in [-0.2, -0.15) is 0 Å². The molecule has 1 fully saturated rings. The molecule has 1 rings (SSSR count). The average Bonchev–Trinajstić information content (AvgIpc) is 1.91. The van der Waals surface area contributed by atoms with Gasteiger partial charge in [-0.25, -0.2) is 4.31 Å². The molecular formula is C4H8N2OS2. The largest absolute Gasteiger partial charge is 0.379 e. The number of morpholine rings is 1. The fraction of sp³-hybridized carbons (Fsp3) is 1.00. The van der Waals surface area contributed by atoms with E-state index in [1.54, 1.807) is 0 Å². The summed E-state index contributed by atoms with van der Waals surface area (Å²) in [6, 6.07) is 0. The van der Waals surface area contributed by atoms with Gasteiger partial charge < -0.3 is 4.74 Å². The smallest absolute Gasteiger partial charge is 0.0763 e. The maximum atomic E-state index is 5.12. The third-order valence-electron chi connectivity index (χ3n) is 1.12. The minimum absolute atomic E-state index is 0.803. The highest BCUT2D eigenvalue weighted by molar-refractivity contribution is 7.98. The van der Waals surface area contributed by atoms with E-state index in [1.165, 1.54) is 12.1 Å². The van der Waals surface area contributed by atoms with Gasteiger partial charge in [0.1, 0.15) is 0 Å². The number of hydrogen-bond acceptors (Lipinski definition) is 5. The van der Waals surface area contributed by atoms with Crippen molar-refractivity contribution in [3.63, 3.8) is 0 Å². The standard InChI is InChI=1S/C4H8N2OS2/c8-5-9-6-1-3-7-4-2-6/h1-4H2. The molecule has 0 aliphatic carbocycles. The molecule has 0 amide bonds. The number of ether oxygens (including phenoxy) is 1. The maximum Gasteiger partial charge on any atom is 0.0763 e. The summed E-state index contributed by atoms with van der Waals surface area (Å²) in [5.74, 6) is 0. The van der Waals surface area contributed by atoms with Crippen molar-refractivity contribution in [1.29, 1.82) is 0 Å². The van der Waals surface area contributed by atoms with Crippen molar-refractivity contribution in [3.05, 3.63) is 0 Å². The molecule has 1 aliphatic heterocycles. The number of hydrogen-bond donors (Lipinski definition) is 0. The fourth-order valence-electron chi connectivity index (χ4n) is 0.675. The molecule has 3 nitrogen and oxygen atoms in total. The van der Waals surface area contributed by atoms with Gasteiger partial charge in [-0.3, -0.25) is 0 Å². The molecule has 1 heterocycles. The quantitative estimate of drug-likeness (QED) is 0.558. The molecule has 52 valence electrons. The first kappa shape index (κ1) is 7.40. The molecule has 0 N–H and O–H groups in total. The van der Waals surface area contributed by atoms with E-state index in [0.717, 1.165) is 26.3 Å². The van der Waals surface area contributed by atoms with E-state index in [-0.39, 0.29) is 0 Å². The van der Waals surface area contributed by atoms with Crippen LogP contribution in [0, 0.1) is 0 Å². The van der Waals surface area contributed by atoms with Gasteiger partial charge in [0.15, 0.2) is 0 Å². The lowest BCUT2D eigenvalue weighted by Crippen LogP contribution is -2.30. The highest BCUT2D eigenvalue weighted by Gasteiger charge is 2.09. The van der Waals surface area contributed by atoms with Crippen LogP contribution in [0.3, 0.4) is 0 Å². The Morgan fingerprint density at radius 1 is 1.44 bits per heavy atom. The second-order valence-corrected chi connectivity index (χ2v) is 2.97. The molecule has 0 atom stereocenters. The molecule has 0 aromatic heterocycles. The lowest BCUT2D eigenvalue weighted by atomic mass is 10.5. The van der Waals surface area contributed by atoms with Gasteiger partial charge in [0, 0.05) is 13.1 Å². The van der Waals surface area contributed by atoms with Crippen LogP contribution in [0.2, 0.25) is 0 Å². The molecule has 0 aromatic carbocycles. The average molecular weight is 164 g/mol. The van der Waals surface area contributed by atoms with Crippen LogP contribution < -0.4 is 0 Å². The summed E-state index contributed by atoms with van der Waals surface area (Å²) >= 11 is 5.78. The number of rotatable bonds is 2. The van der Waals surface area contributed by atoms with Crippen LogP contribution in [0.1, 0.15) is 0 Å². The van der Waals surface area contributed by atoms with Gasteiger partial charge >= 0.3 is 0 Å². The van der Waals surface area contributed by atoms with Crippen LogP contribution in [-0.2, 0) is 17.2 Å². The topological polar surface area (TPSA) is 24.8 Å². The zero-order valence-electron chi connectivity index (χ0n) is 4.95. The Kier molecular flexibility index (Phi) is 3.42. The first-order valence-corrected chi connectivity index (χ1v) is 3.85. The highest BCUT2D eigenvalue weighted by atomic mass is 32.2. The van der Waals surface area contributed by atoms with Crippen LogP contribution in [0.5, 0.6) is 0 Å².